The first-order valence-electron chi connectivity index (χ1n) is 4.12. The summed E-state index contributed by atoms with van der Waals surface area (Å²) in [7, 11) is 0. The summed E-state index contributed by atoms with van der Waals surface area (Å²) in [5.41, 5.74) is 4.28. The van der Waals surface area contributed by atoms with Gasteiger partial charge in [0.1, 0.15) is 0 Å². The Kier molecular flexibility index (Phi) is 1.90. The van der Waals surface area contributed by atoms with Crippen molar-refractivity contribution in [3.8, 4) is 0 Å². The summed E-state index contributed by atoms with van der Waals surface area (Å²) in [6, 6.07) is 5.35. The van der Waals surface area contributed by atoms with Crippen molar-refractivity contribution in [1.29, 1.82) is 0 Å². The lowest BCUT2D eigenvalue weighted by atomic mass is 10.1. The molecule has 13 heavy (non-hydrogen) atoms. The minimum Gasteiger partial charge on any atom is -0.384 e. The molecule has 0 radical (unpaired) electrons. The molecule has 0 aliphatic carbocycles. The molecule has 3 N–H and O–H groups in total. The monoisotopic (exact) mass is 178 g/mol. The van der Waals surface area contributed by atoms with Gasteiger partial charge in [-0.25, -0.2) is 5.48 Å². The van der Waals surface area contributed by atoms with Gasteiger partial charge in [0.05, 0.1) is 0 Å². The van der Waals surface area contributed by atoms with E-state index in [-0.39, 0.29) is 0 Å². The molecular weight excluding hydrogens is 168 g/mol. The Hall–Kier alpha value is -1.55. The summed E-state index contributed by atoms with van der Waals surface area (Å²) in [5, 5.41) is 11.6. The quantitative estimate of drug-likeness (QED) is 0.439. The van der Waals surface area contributed by atoms with E-state index >= 15 is 0 Å². The van der Waals surface area contributed by atoms with Crippen molar-refractivity contribution in [2.24, 2.45) is 0 Å². The summed E-state index contributed by atoms with van der Waals surface area (Å²) < 4.78 is 0. The molecule has 4 nitrogen and oxygen atoms in total. The van der Waals surface area contributed by atoms with Crippen molar-refractivity contribution in [2.75, 3.05) is 11.9 Å². The molecule has 1 aromatic rings. The summed E-state index contributed by atoms with van der Waals surface area (Å²) >= 11 is 0. The third-order valence-corrected chi connectivity index (χ3v) is 2.18. The van der Waals surface area contributed by atoms with Crippen LogP contribution in [0.3, 0.4) is 0 Å². The Morgan fingerprint density at radius 2 is 2.38 bits per heavy atom. The molecule has 0 fully saturated rings. The summed E-state index contributed by atoms with van der Waals surface area (Å²) in [4.78, 5) is 11.0. The molecule has 0 atom stereocenters. The molecule has 0 bridgehead atoms. The highest BCUT2D eigenvalue weighted by Crippen LogP contribution is 2.22. The molecule has 2 rings (SSSR count). The molecule has 1 aliphatic heterocycles. The first-order valence-corrected chi connectivity index (χ1v) is 4.12. The molecule has 1 aromatic carbocycles. The number of anilines is 1. The van der Waals surface area contributed by atoms with Crippen LogP contribution in [0.1, 0.15) is 15.9 Å². The van der Waals surface area contributed by atoms with Gasteiger partial charge in [-0.15, -0.1) is 0 Å². The number of hydrogen-bond acceptors (Lipinski definition) is 3. The average Bonchev–Trinajstić information content (AvgIpc) is 2.63. The molecule has 68 valence electrons. The number of fused-ring (bicyclic) bond motifs is 1. The van der Waals surface area contributed by atoms with Gasteiger partial charge in [0.2, 0.25) is 0 Å². The van der Waals surface area contributed by atoms with E-state index in [4.69, 9.17) is 5.21 Å². The van der Waals surface area contributed by atoms with Crippen LogP contribution in [0, 0.1) is 0 Å². The number of hydrogen-bond donors (Lipinski definition) is 3. The minimum atomic E-state index is -0.475. The third kappa shape index (κ3) is 1.36. The highest BCUT2D eigenvalue weighted by molar-refractivity contribution is 5.94. The fourth-order valence-electron chi connectivity index (χ4n) is 1.50. The Morgan fingerprint density at radius 1 is 1.54 bits per heavy atom. The number of rotatable bonds is 1. The lowest BCUT2D eigenvalue weighted by molar-refractivity contribution is 0.0706. The number of benzene rings is 1. The standard InChI is InChI=1S/C9H10N2O2/c12-9(11-13)7-2-1-6-3-4-10-8(6)5-7/h1-2,5,10,13H,3-4H2,(H,11,12). The number of carbonyl (C=O) groups is 1. The van der Waals surface area contributed by atoms with Crippen LogP contribution in [-0.2, 0) is 6.42 Å². The van der Waals surface area contributed by atoms with Gasteiger partial charge in [0.15, 0.2) is 0 Å². The number of amides is 1. The predicted molar refractivity (Wildman–Crippen MR) is 47.9 cm³/mol. The molecule has 1 heterocycles. The molecule has 0 unspecified atom stereocenters. The normalized spacial score (nSPS) is 13.3. The predicted octanol–water partition coefficient (Wildman–Crippen LogP) is 0.774. The van der Waals surface area contributed by atoms with Crippen LogP contribution >= 0.6 is 0 Å². The van der Waals surface area contributed by atoms with Gasteiger partial charge in [-0.3, -0.25) is 10.0 Å². The van der Waals surface area contributed by atoms with Gasteiger partial charge in [-0.05, 0) is 24.1 Å². The van der Waals surface area contributed by atoms with Gasteiger partial charge in [0.25, 0.3) is 5.91 Å². The van der Waals surface area contributed by atoms with E-state index in [1.165, 1.54) is 5.56 Å². The van der Waals surface area contributed by atoms with Crippen LogP contribution in [0.4, 0.5) is 5.69 Å². The molecule has 4 heteroatoms. The Bertz CT molecular complexity index is 349. The van der Waals surface area contributed by atoms with Crippen LogP contribution in [0.2, 0.25) is 0 Å². The van der Waals surface area contributed by atoms with Crippen LogP contribution in [0.15, 0.2) is 18.2 Å². The van der Waals surface area contributed by atoms with E-state index in [0.29, 0.717) is 5.56 Å². The van der Waals surface area contributed by atoms with E-state index in [9.17, 15) is 4.79 Å². The SMILES string of the molecule is O=C(NO)c1ccc2c(c1)NCC2. The van der Waals surface area contributed by atoms with Crippen molar-refractivity contribution in [3.63, 3.8) is 0 Å². The van der Waals surface area contributed by atoms with E-state index in [2.05, 4.69) is 5.32 Å². The second-order valence-electron chi connectivity index (χ2n) is 2.99. The van der Waals surface area contributed by atoms with Crippen LogP contribution in [0.5, 0.6) is 0 Å². The van der Waals surface area contributed by atoms with Crippen molar-refractivity contribution in [1.82, 2.24) is 5.48 Å². The fourth-order valence-corrected chi connectivity index (χ4v) is 1.50. The fraction of sp³-hybridized carbons (Fsp3) is 0.222. The summed E-state index contributed by atoms with van der Waals surface area (Å²) in [6.45, 7) is 0.916. The van der Waals surface area contributed by atoms with Gasteiger partial charge in [-0.2, -0.15) is 0 Å². The molecule has 1 amide bonds. The van der Waals surface area contributed by atoms with Crippen molar-refractivity contribution >= 4 is 11.6 Å². The van der Waals surface area contributed by atoms with E-state index < -0.39 is 5.91 Å². The third-order valence-electron chi connectivity index (χ3n) is 2.18. The maximum atomic E-state index is 11.0. The van der Waals surface area contributed by atoms with Crippen LogP contribution in [0.25, 0.3) is 0 Å². The molecule has 0 spiro atoms. The molecular formula is C9H10N2O2. The van der Waals surface area contributed by atoms with Crippen LogP contribution in [-0.4, -0.2) is 17.7 Å². The van der Waals surface area contributed by atoms with Crippen LogP contribution < -0.4 is 10.8 Å². The van der Waals surface area contributed by atoms with Gasteiger partial charge >= 0.3 is 0 Å². The minimum absolute atomic E-state index is 0.468. The van der Waals surface area contributed by atoms with E-state index in [1.807, 2.05) is 6.07 Å². The topological polar surface area (TPSA) is 61.4 Å². The molecule has 0 aromatic heterocycles. The zero-order valence-corrected chi connectivity index (χ0v) is 7.00. The van der Waals surface area contributed by atoms with Crippen molar-refractivity contribution in [2.45, 2.75) is 6.42 Å². The number of hydroxylamine groups is 1. The van der Waals surface area contributed by atoms with E-state index in [0.717, 1.165) is 18.7 Å². The van der Waals surface area contributed by atoms with Gasteiger partial charge < -0.3 is 5.32 Å². The van der Waals surface area contributed by atoms with Crippen molar-refractivity contribution < 1.29 is 10.0 Å². The Labute approximate surface area is 75.5 Å². The Balaban J connectivity index is 2.36. The highest BCUT2D eigenvalue weighted by atomic mass is 16.5. The number of nitrogens with one attached hydrogen (secondary N) is 2. The average molecular weight is 178 g/mol. The maximum Gasteiger partial charge on any atom is 0.274 e. The van der Waals surface area contributed by atoms with E-state index in [1.54, 1.807) is 17.6 Å². The smallest absolute Gasteiger partial charge is 0.274 e. The zero-order valence-electron chi connectivity index (χ0n) is 7.00. The lowest BCUT2D eigenvalue weighted by Crippen LogP contribution is -2.18. The van der Waals surface area contributed by atoms with Gasteiger partial charge in [-0.1, -0.05) is 6.07 Å². The molecule has 0 saturated heterocycles. The zero-order chi connectivity index (χ0) is 9.26. The van der Waals surface area contributed by atoms with Crippen molar-refractivity contribution in [3.05, 3.63) is 29.3 Å². The Morgan fingerprint density at radius 3 is 3.15 bits per heavy atom. The maximum absolute atomic E-state index is 11.0. The second-order valence-corrected chi connectivity index (χ2v) is 2.99. The molecule has 0 saturated carbocycles. The highest BCUT2D eigenvalue weighted by Gasteiger charge is 2.12. The summed E-state index contributed by atoms with van der Waals surface area (Å²) in [5.74, 6) is -0.475. The largest absolute Gasteiger partial charge is 0.384 e. The molecule has 1 aliphatic rings. The number of carbonyl (C=O) groups excluding carboxylic acids is 1. The first-order chi connectivity index (χ1) is 6.31. The second kappa shape index (κ2) is 3.06. The first kappa shape index (κ1) is 8.07. The summed E-state index contributed by atoms with van der Waals surface area (Å²) in [6.07, 6.45) is 0.996. The lowest BCUT2D eigenvalue weighted by Gasteiger charge is -2.02. The van der Waals surface area contributed by atoms with Gasteiger partial charge in [0, 0.05) is 17.8 Å².